The molecule has 1 heterocycles. The number of nitrogens with one attached hydrogen (secondary N) is 1. The number of hydrogen-bond donors (Lipinski definition) is 1. The molecule has 0 bridgehead atoms. The molecule has 0 aliphatic heterocycles. The zero-order valence-corrected chi connectivity index (χ0v) is 23.4. The van der Waals surface area contributed by atoms with Crippen molar-refractivity contribution >= 4 is 22.7 Å². The summed E-state index contributed by atoms with van der Waals surface area (Å²) in [5.41, 5.74) is 3.20. The number of carbonyl (C=O) groups is 2. The van der Waals surface area contributed by atoms with Gasteiger partial charge >= 0.3 is 0 Å². The van der Waals surface area contributed by atoms with E-state index in [-0.39, 0.29) is 18.4 Å². The standard InChI is InChI=1S/C31H43N3O4/c1-5-7-8-9-14-30(35)33(18-6-2)23-31(36)34(22-24-15-16-28(37-3)29(20-24)38-4)19-17-25-21-32-27-13-11-10-12-26(25)27/h10-13,15-16,20-21,32H,5-9,14,17-19,22-23H2,1-4H3. The molecular weight excluding hydrogens is 478 g/mol. The van der Waals surface area contributed by atoms with E-state index in [2.05, 4.69) is 24.0 Å². The molecule has 0 unspecified atom stereocenters. The Morgan fingerprint density at radius 2 is 1.63 bits per heavy atom. The Kier molecular flexibility index (Phi) is 11.5. The first-order chi connectivity index (χ1) is 18.5. The zero-order chi connectivity index (χ0) is 27.3. The summed E-state index contributed by atoms with van der Waals surface area (Å²) in [4.78, 5) is 33.6. The number of hydrogen-bond acceptors (Lipinski definition) is 4. The van der Waals surface area contributed by atoms with Gasteiger partial charge < -0.3 is 24.3 Å². The fourth-order valence-electron chi connectivity index (χ4n) is 4.77. The molecule has 206 valence electrons. The lowest BCUT2D eigenvalue weighted by Gasteiger charge is -2.28. The highest BCUT2D eigenvalue weighted by atomic mass is 16.5. The van der Waals surface area contributed by atoms with Crippen LogP contribution >= 0.6 is 0 Å². The molecule has 3 aromatic rings. The van der Waals surface area contributed by atoms with Crippen LogP contribution in [-0.4, -0.2) is 60.5 Å². The first-order valence-corrected chi connectivity index (χ1v) is 13.8. The van der Waals surface area contributed by atoms with E-state index in [1.54, 1.807) is 19.1 Å². The number of benzene rings is 2. The van der Waals surface area contributed by atoms with Crippen molar-refractivity contribution in [3.8, 4) is 11.5 Å². The highest BCUT2D eigenvalue weighted by Gasteiger charge is 2.22. The van der Waals surface area contributed by atoms with Gasteiger partial charge in [0, 0.05) is 43.2 Å². The van der Waals surface area contributed by atoms with Crippen LogP contribution in [0.25, 0.3) is 10.9 Å². The van der Waals surface area contributed by atoms with Gasteiger partial charge in [-0.3, -0.25) is 9.59 Å². The van der Waals surface area contributed by atoms with Crippen LogP contribution in [0.2, 0.25) is 0 Å². The smallest absolute Gasteiger partial charge is 0.242 e. The number of nitrogens with zero attached hydrogens (tertiary/aromatic N) is 2. The van der Waals surface area contributed by atoms with E-state index in [4.69, 9.17) is 9.47 Å². The van der Waals surface area contributed by atoms with Crippen LogP contribution in [0.3, 0.4) is 0 Å². The maximum absolute atomic E-state index is 13.7. The van der Waals surface area contributed by atoms with E-state index in [1.807, 2.05) is 48.4 Å². The first kappa shape index (κ1) is 29.1. The van der Waals surface area contributed by atoms with E-state index in [1.165, 1.54) is 10.9 Å². The minimum atomic E-state index is -0.0463. The second kappa shape index (κ2) is 15.1. The third-order valence-electron chi connectivity index (χ3n) is 6.92. The number of H-pyrrole nitrogens is 1. The van der Waals surface area contributed by atoms with Gasteiger partial charge in [0.2, 0.25) is 11.8 Å². The Balaban J connectivity index is 1.77. The number of fused-ring (bicyclic) bond motifs is 1. The van der Waals surface area contributed by atoms with Crippen molar-refractivity contribution in [2.45, 2.75) is 65.3 Å². The normalized spacial score (nSPS) is 10.9. The average Bonchev–Trinajstić information content (AvgIpc) is 3.35. The van der Waals surface area contributed by atoms with E-state index in [0.717, 1.165) is 43.2 Å². The Morgan fingerprint density at radius 3 is 2.37 bits per heavy atom. The fourth-order valence-corrected chi connectivity index (χ4v) is 4.77. The number of rotatable bonds is 16. The van der Waals surface area contributed by atoms with Crippen LogP contribution in [-0.2, 0) is 22.6 Å². The van der Waals surface area contributed by atoms with Gasteiger partial charge in [-0.05, 0) is 48.6 Å². The molecule has 7 nitrogen and oxygen atoms in total. The molecular formula is C31H43N3O4. The SMILES string of the molecule is CCCCCCC(=O)N(CCC)CC(=O)N(CCc1c[nH]c2ccccc12)Cc1ccc(OC)c(OC)c1. The quantitative estimate of drug-likeness (QED) is 0.236. The molecule has 1 aromatic heterocycles. The van der Waals surface area contributed by atoms with Gasteiger partial charge in [-0.25, -0.2) is 0 Å². The minimum Gasteiger partial charge on any atom is -0.493 e. The predicted molar refractivity (Wildman–Crippen MR) is 153 cm³/mol. The second-order valence-corrected chi connectivity index (χ2v) is 9.74. The van der Waals surface area contributed by atoms with Crippen LogP contribution in [0.1, 0.15) is 63.5 Å². The fraction of sp³-hybridized carbons (Fsp3) is 0.484. The summed E-state index contributed by atoms with van der Waals surface area (Å²) < 4.78 is 10.9. The molecule has 0 saturated heterocycles. The molecule has 0 radical (unpaired) electrons. The molecule has 38 heavy (non-hydrogen) atoms. The third-order valence-corrected chi connectivity index (χ3v) is 6.92. The van der Waals surface area contributed by atoms with Gasteiger partial charge in [0.25, 0.3) is 0 Å². The van der Waals surface area contributed by atoms with Crippen molar-refractivity contribution < 1.29 is 19.1 Å². The van der Waals surface area contributed by atoms with E-state index in [9.17, 15) is 9.59 Å². The second-order valence-electron chi connectivity index (χ2n) is 9.74. The Morgan fingerprint density at radius 1 is 0.842 bits per heavy atom. The number of methoxy groups -OCH3 is 2. The summed E-state index contributed by atoms with van der Waals surface area (Å²) in [6, 6.07) is 13.9. The van der Waals surface area contributed by atoms with Crippen molar-refractivity contribution in [1.29, 1.82) is 0 Å². The summed E-state index contributed by atoms with van der Waals surface area (Å²) in [6.45, 7) is 5.85. The molecule has 0 saturated carbocycles. The summed E-state index contributed by atoms with van der Waals surface area (Å²) in [7, 11) is 3.21. The van der Waals surface area contributed by atoms with Gasteiger partial charge in [-0.1, -0.05) is 57.4 Å². The van der Waals surface area contributed by atoms with Crippen molar-refractivity contribution in [1.82, 2.24) is 14.8 Å². The number of unbranched alkanes of at least 4 members (excludes halogenated alkanes) is 3. The summed E-state index contributed by atoms with van der Waals surface area (Å²) in [5, 5.41) is 1.17. The molecule has 0 spiro atoms. The summed E-state index contributed by atoms with van der Waals surface area (Å²) in [6.07, 6.45) is 8.23. The van der Waals surface area contributed by atoms with E-state index < -0.39 is 0 Å². The first-order valence-electron chi connectivity index (χ1n) is 13.8. The van der Waals surface area contributed by atoms with Crippen LogP contribution in [0.5, 0.6) is 11.5 Å². The van der Waals surface area contributed by atoms with Gasteiger partial charge in [0.15, 0.2) is 11.5 Å². The number of aromatic nitrogens is 1. The predicted octanol–water partition coefficient (Wildman–Crippen LogP) is 5.97. The van der Waals surface area contributed by atoms with Gasteiger partial charge in [-0.2, -0.15) is 0 Å². The largest absolute Gasteiger partial charge is 0.493 e. The lowest BCUT2D eigenvalue weighted by atomic mass is 10.1. The van der Waals surface area contributed by atoms with Crippen molar-refractivity contribution in [2.24, 2.45) is 0 Å². The molecule has 2 amide bonds. The van der Waals surface area contributed by atoms with Crippen molar-refractivity contribution in [3.63, 3.8) is 0 Å². The number of amides is 2. The topological polar surface area (TPSA) is 74.9 Å². The molecule has 0 aliphatic rings. The summed E-state index contributed by atoms with van der Waals surface area (Å²) in [5.74, 6) is 1.30. The van der Waals surface area contributed by atoms with E-state index >= 15 is 0 Å². The maximum atomic E-state index is 13.7. The highest BCUT2D eigenvalue weighted by molar-refractivity contribution is 5.85. The van der Waals surface area contributed by atoms with Gasteiger partial charge in [0.05, 0.1) is 20.8 Å². The van der Waals surface area contributed by atoms with Crippen molar-refractivity contribution in [2.75, 3.05) is 33.9 Å². The minimum absolute atomic E-state index is 0.0463. The molecule has 1 N–H and O–H groups in total. The molecule has 0 fully saturated rings. The number of para-hydroxylation sites is 1. The number of carbonyl (C=O) groups excluding carboxylic acids is 2. The zero-order valence-electron chi connectivity index (χ0n) is 23.4. The third kappa shape index (κ3) is 8.01. The molecule has 0 atom stereocenters. The van der Waals surface area contributed by atoms with E-state index in [0.29, 0.717) is 44.0 Å². The van der Waals surface area contributed by atoms with Crippen molar-refractivity contribution in [3.05, 3.63) is 59.8 Å². The molecule has 0 aliphatic carbocycles. The Labute approximate surface area is 227 Å². The molecule has 7 heteroatoms. The monoisotopic (exact) mass is 521 g/mol. The van der Waals surface area contributed by atoms with Crippen LogP contribution in [0.15, 0.2) is 48.7 Å². The van der Waals surface area contributed by atoms with Crippen LogP contribution < -0.4 is 9.47 Å². The number of aromatic amines is 1. The van der Waals surface area contributed by atoms with Gasteiger partial charge in [-0.15, -0.1) is 0 Å². The van der Waals surface area contributed by atoms with Crippen LogP contribution in [0.4, 0.5) is 0 Å². The average molecular weight is 522 g/mol. The highest BCUT2D eigenvalue weighted by Crippen LogP contribution is 2.28. The molecule has 3 rings (SSSR count). The Bertz CT molecular complexity index is 1170. The van der Waals surface area contributed by atoms with Gasteiger partial charge in [0.1, 0.15) is 0 Å². The van der Waals surface area contributed by atoms with Crippen LogP contribution in [0, 0.1) is 0 Å². The number of ether oxygens (including phenoxy) is 2. The lowest BCUT2D eigenvalue weighted by molar-refractivity contribution is -0.141. The maximum Gasteiger partial charge on any atom is 0.242 e. The summed E-state index contributed by atoms with van der Waals surface area (Å²) >= 11 is 0. The molecule has 2 aromatic carbocycles. The lowest BCUT2D eigenvalue weighted by Crippen LogP contribution is -2.43. The Hall–Kier alpha value is -3.48.